The Hall–Kier alpha value is -2.28. The van der Waals surface area contributed by atoms with Gasteiger partial charge in [-0.15, -0.1) is 0 Å². The molecule has 1 saturated carbocycles. The Bertz CT molecular complexity index is 1240. The molecule has 0 spiro atoms. The van der Waals surface area contributed by atoms with E-state index in [-0.39, 0.29) is 30.3 Å². The van der Waals surface area contributed by atoms with Crippen LogP contribution in [0.3, 0.4) is 0 Å². The third-order valence-electron chi connectivity index (χ3n) is 15.4. The maximum Gasteiger partial charge on any atom is 0.307 e. The Morgan fingerprint density at radius 1 is 0.351 bits per heavy atom. The van der Waals surface area contributed by atoms with Crippen molar-refractivity contribution >= 4 is 23.9 Å². The molecule has 0 heterocycles. The van der Waals surface area contributed by atoms with Gasteiger partial charge >= 0.3 is 23.9 Å². The molecule has 0 unspecified atom stereocenters. The SMILES string of the molecule is CCCCCCCCCCCCOC(=O)CCN(CCC(=O)OC)CCN(C)CCN(CCN(CCC(=O)OCCCCCCCCCCCC)CCC(=O)OCCCCCCCCCCCC)C1CCCCC1. The minimum Gasteiger partial charge on any atom is -0.469 e. The lowest BCUT2D eigenvalue weighted by molar-refractivity contribution is -0.145. The summed E-state index contributed by atoms with van der Waals surface area (Å²) in [7, 11) is 3.58. The van der Waals surface area contributed by atoms with Gasteiger partial charge in [-0.2, -0.15) is 0 Å². The molecular formula is C62H120N4O8. The van der Waals surface area contributed by atoms with E-state index in [1.807, 2.05) is 0 Å². The maximum absolute atomic E-state index is 13.0. The smallest absolute Gasteiger partial charge is 0.307 e. The number of unbranched alkanes of at least 4 members (excludes halogenated alkanes) is 27. The number of methoxy groups -OCH3 is 1. The molecule has 0 amide bonds. The first kappa shape index (κ1) is 69.7. The summed E-state index contributed by atoms with van der Waals surface area (Å²) in [6.45, 7) is 15.4. The second kappa shape index (κ2) is 52.8. The highest BCUT2D eigenvalue weighted by atomic mass is 16.5. The summed E-state index contributed by atoms with van der Waals surface area (Å²) in [5, 5.41) is 0. The third-order valence-corrected chi connectivity index (χ3v) is 15.4. The zero-order valence-electron chi connectivity index (χ0n) is 49.4. The number of hydrogen-bond donors (Lipinski definition) is 0. The average Bonchev–Trinajstić information content (AvgIpc) is 3.41. The van der Waals surface area contributed by atoms with Crippen molar-refractivity contribution in [2.24, 2.45) is 0 Å². The largest absolute Gasteiger partial charge is 0.469 e. The Kier molecular flexibility index (Phi) is 49.7. The van der Waals surface area contributed by atoms with Crippen LogP contribution in [0.5, 0.6) is 0 Å². The number of likely N-dealkylation sites (N-methyl/N-ethyl adjacent to an activating group) is 1. The summed E-state index contributed by atoms with van der Waals surface area (Å²) < 4.78 is 22.0. The molecule has 0 aromatic rings. The van der Waals surface area contributed by atoms with E-state index in [0.29, 0.717) is 71.3 Å². The summed E-state index contributed by atoms with van der Waals surface area (Å²) in [5.74, 6) is -0.715. The number of nitrogens with zero attached hydrogens (tertiary/aromatic N) is 4. The van der Waals surface area contributed by atoms with Crippen molar-refractivity contribution in [1.29, 1.82) is 0 Å². The Labute approximate surface area is 456 Å². The zero-order valence-corrected chi connectivity index (χ0v) is 49.4. The minimum atomic E-state index is -0.244. The second-order valence-corrected chi connectivity index (χ2v) is 22.1. The van der Waals surface area contributed by atoms with Gasteiger partial charge in [0.25, 0.3) is 0 Å². The van der Waals surface area contributed by atoms with Crippen LogP contribution < -0.4 is 0 Å². The van der Waals surface area contributed by atoms with E-state index in [2.05, 4.69) is 47.4 Å². The molecule has 0 atom stereocenters. The van der Waals surface area contributed by atoms with E-state index in [1.54, 1.807) is 0 Å². The van der Waals surface area contributed by atoms with Crippen molar-refractivity contribution < 1.29 is 38.1 Å². The number of carbonyl (C=O) groups excluding carboxylic acids is 4. The standard InChI is InChI=1S/C62H120N4O8/c1-6-9-12-15-18-21-24-27-30-36-55-72-60(68)42-46-64(45-41-59(67)71-5)51-49-63(4)50-53-66(58-39-34-33-35-40-58)54-52-65(47-43-61(69)73-56-37-31-28-25-22-19-16-13-10-7-2)48-44-62(70)74-57-38-32-29-26-23-20-17-14-11-8-3/h58H,6-57H2,1-5H3. The van der Waals surface area contributed by atoms with Gasteiger partial charge in [-0.1, -0.05) is 213 Å². The second-order valence-electron chi connectivity index (χ2n) is 22.1. The highest BCUT2D eigenvalue weighted by Crippen LogP contribution is 2.23. The van der Waals surface area contributed by atoms with Crippen LogP contribution in [0, 0.1) is 0 Å². The van der Waals surface area contributed by atoms with Crippen molar-refractivity contribution in [3.63, 3.8) is 0 Å². The fourth-order valence-corrected chi connectivity index (χ4v) is 10.2. The molecule has 0 aliphatic heterocycles. The van der Waals surface area contributed by atoms with Crippen LogP contribution >= 0.6 is 0 Å². The van der Waals surface area contributed by atoms with Gasteiger partial charge in [-0.25, -0.2) is 0 Å². The normalized spacial score (nSPS) is 13.1. The average molecular weight is 1050 g/mol. The van der Waals surface area contributed by atoms with Crippen LogP contribution in [-0.2, 0) is 38.1 Å². The number of esters is 4. The molecule has 0 N–H and O–H groups in total. The Balaban J connectivity index is 2.72. The maximum atomic E-state index is 13.0. The van der Waals surface area contributed by atoms with E-state index in [9.17, 15) is 19.2 Å². The van der Waals surface area contributed by atoms with Gasteiger partial charge in [0.05, 0.1) is 52.6 Å². The number of carbonyl (C=O) groups is 4. The van der Waals surface area contributed by atoms with Gasteiger partial charge < -0.3 is 33.6 Å². The zero-order chi connectivity index (χ0) is 53.8. The van der Waals surface area contributed by atoms with Crippen LogP contribution in [0.1, 0.15) is 271 Å². The topological polar surface area (TPSA) is 118 Å². The Morgan fingerprint density at radius 2 is 0.635 bits per heavy atom. The predicted molar refractivity (Wildman–Crippen MR) is 308 cm³/mol. The first-order valence-corrected chi connectivity index (χ1v) is 31.6. The molecule has 0 radical (unpaired) electrons. The molecular weight excluding hydrogens is 929 g/mol. The summed E-state index contributed by atoms with van der Waals surface area (Å²) in [5.41, 5.74) is 0. The monoisotopic (exact) mass is 1050 g/mol. The molecule has 1 rings (SSSR count). The van der Waals surface area contributed by atoms with Gasteiger partial charge in [0.15, 0.2) is 0 Å². The van der Waals surface area contributed by atoms with Crippen molar-refractivity contribution in [3.05, 3.63) is 0 Å². The molecule has 436 valence electrons. The van der Waals surface area contributed by atoms with Gasteiger partial charge in [0, 0.05) is 71.5 Å². The molecule has 1 aliphatic carbocycles. The molecule has 0 aromatic carbocycles. The molecule has 74 heavy (non-hydrogen) atoms. The van der Waals surface area contributed by atoms with Gasteiger partial charge in [0.1, 0.15) is 0 Å². The summed E-state index contributed by atoms with van der Waals surface area (Å²) in [4.78, 5) is 60.4. The molecule has 1 fully saturated rings. The van der Waals surface area contributed by atoms with E-state index >= 15 is 0 Å². The van der Waals surface area contributed by atoms with Crippen LogP contribution in [0.4, 0.5) is 0 Å². The van der Waals surface area contributed by atoms with Crippen molar-refractivity contribution in [1.82, 2.24) is 19.6 Å². The lowest BCUT2D eigenvalue weighted by Crippen LogP contribution is -2.46. The fourth-order valence-electron chi connectivity index (χ4n) is 10.2. The molecule has 0 aromatic heterocycles. The highest BCUT2D eigenvalue weighted by molar-refractivity contribution is 5.70. The van der Waals surface area contributed by atoms with Crippen LogP contribution in [-0.4, -0.2) is 149 Å². The number of hydrogen-bond acceptors (Lipinski definition) is 12. The van der Waals surface area contributed by atoms with Gasteiger partial charge in [0.2, 0.25) is 0 Å². The van der Waals surface area contributed by atoms with E-state index in [1.165, 1.54) is 193 Å². The molecule has 12 heteroatoms. The van der Waals surface area contributed by atoms with E-state index in [0.717, 1.165) is 77.8 Å². The van der Waals surface area contributed by atoms with Crippen LogP contribution in [0.25, 0.3) is 0 Å². The van der Waals surface area contributed by atoms with Crippen LogP contribution in [0.15, 0.2) is 0 Å². The first-order valence-electron chi connectivity index (χ1n) is 31.6. The molecule has 0 bridgehead atoms. The van der Waals surface area contributed by atoms with Gasteiger partial charge in [-0.3, -0.25) is 24.1 Å². The summed E-state index contributed by atoms with van der Waals surface area (Å²) in [6.07, 6.45) is 44.8. The summed E-state index contributed by atoms with van der Waals surface area (Å²) in [6, 6.07) is 0.513. The van der Waals surface area contributed by atoms with Crippen molar-refractivity contribution in [2.75, 3.05) is 99.4 Å². The van der Waals surface area contributed by atoms with Crippen molar-refractivity contribution in [3.8, 4) is 0 Å². The van der Waals surface area contributed by atoms with Crippen molar-refractivity contribution in [2.45, 2.75) is 277 Å². The minimum absolute atomic E-state index is 0.151. The fraction of sp³-hybridized carbons (Fsp3) is 0.935. The van der Waals surface area contributed by atoms with Crippen LogP contribution in [0.2, 0.25) is 0 Å². The third kappa shape index (κ3) is 44.8. The number of ether oxygens (including phenoxy) is 4. The quantitative estimate of drug-likeness (QED) is 0.0328. The van der Waals surface area contributed by atoms with E-state index in [4.69, 9.17) is 18.9 Å². The molecule has 12 nitrogen and oxygen atoms in total. The predicted octanol–water partition coefficient (Wildman–Crippen LogP) is 14.3. The lowest BCUT2D eigenvalue weighted by atomic mass is 9.94. The molecule has 1 aliphatic rings. The van der Waals surface area contributed by atoms with Gasteiger partial charge in [-0.05, 0) is 39.2 Å². The Morgan fingerprint density at radius 3 is 0.973 bits per heavy atom. The first-order chi connectivity index (χ1) is 36.2. The highest BCUT2D eigenvalue weighted by Gasteiger charge is 2.23. The van der Waals surface area contributed by atoms with E-state index < -0.39 is 0 Å². The number of rotatable bonds is 55. The lowest BCUT2D eigenvalue weighted by Gasteiger charge is -2.37. The molecule has 0 saturated heterocycles. The summed E-state index contributed by atoms with van der Waals surface area (Å²) >= 11 is 0.